The Kier molecular flexibility index (Phi) is 2.29. The van der Waals surface area contributed by atoms with Crippen molar-refractivity contribution in [2.45, 2.75) is 44.1 Å². The summed E-state index contributed by atoms with van der Waals surface area (Å²) in [5, 5.41) is 19.1. The van der Waals surface area contributed by atoms with Gasteiger partial charge in [-0.2, -0.15) is 0 Å². The van der Waals surface area contributed by atoms with Gasteiger partial charge in [0.15, 0.2) is 5.79 Å². The van der Waals surface area contributed by atoms with E-state index in [-0.39, 0.29) is 12.0 Å². The molecule has 2 heterocycles. The molecule has 0 spiro atoms. The van der Waals surface area contributed by atoms with Gasteiger partial charge in [0.25, 0.3) is 0 Å². The van der Waals surface area contributed by atoms with Gasteiger partial charge in [-0.1, -0.05) is 0 Å². The van der Waals surface area contributed by atoms with Crippen molar-refractivity contribution in [2.75, 3.05) is 6.61 Å². The van der Waals surface area contributed by atoms with E-state index in [1.54, 1.807) is 13.8 Å². The molecule has 6 atom stereocenters. The Morgan fingerprint density at radius 3 is 2.71 bits per heavy atom. The van der Waals surface area contributed by atoms with E-state index < -0.39 is 36.0 Å². The van der Waals surface area contributed by atoms with Crippen LogP contribution in [0.1, 0.15) is 13.8 Å². The van der Waals surface area contributed by atoms with Gasteiger partial charge in [0.05, 0.1) is 24.7 Å². The van der Waals surface area contributed by atoms with Gasteiger partial charge < -0.3 is 24.4 Å². The van der Waals surface area contributed by atoms with Crippen LogP contribution < -0.4 is 0 Å². The molecule has 3 fully saturated rings. The van der Waals surface area contributed by atoms with Crippen molar-refractivity contribution in [2.24, 2.45) is 11.8 Å². The monoisotopic (exact) mass is 244 g/mol. The molecule has 2 aliphatic heterocycles. The molecular formula is C11H16O6. The number of rotatable bonds is 1. The molecule has 2 N–H and O–H groups in total. The molecule has 96 valence electrons. The molecule has 2 saturated heterocycles. The third kappa shape index (κ3) is 1.67. The summed E-state index contributed by atoms with van der Waals surface area (Å²) in [6.07, 6.45) is -2.05. The molecule has 6 heteroatoms. The summed E-state index contributed by atoms with van der Waals surface area (Å²) in [5.41, 5.74) is 0. The number of carbonyl (C=O) groups is 1. The van der Waals surface area contributed by atoms with Crippen molar-refractivity contribution in [3.63, 3.8) is 0 Å². The molecule has 6 nitrogen and oxygen atoms in total. The standard InChI is InChI=1S/C11H16O6/c1-11(2)15-3-4-8(17-11)7(12)5-6(10(13)14)9(5)16-4/h4-9,12H,3H2,1-2H3,(H,13,14)/t4-,5-,6?,7-,8-,9+/m1/s1. The summed E-state index contributed by atoms with van der Waals surface area (Å²) in [6.45, 7) is 3.86. The second-order valence-electron chi connectivity index (χ2n) is 5.36. The normalized spacial score (nSPS) is 51.2. The van der Waals surface area contributed by atoms with Gasteiger partial charge >= 0.3 is 5.97 Å². The highest BCUT2D eigenvalue weighted by Gasteiger charge is 2.67. The van der Waals surface area contributed by atoms with Gasteiger partial charge in [-0.05, 0) is 13.8 Å². The van der Waals surface area contributed by atoms with E-state index in [2.05, 4.69) is 0 Å². The van der Waals surface area contributed by atoms with Crippen LogP contribution in [0.2, 0.25) is 0 Å². The maximum atomic E-state index is 10.9. The van der Waals surface area contributed by atoms with Gasteiger partial charge in [0, 0.05) is 5.92 Å². The average Bonchev–Trinajstić information content (AvgIpc) is 2.93. The Bertz CT molecular complexity index is 354. The third-order valence-corrected chi connectivity index (χ3v) is 3.74. The molecule has 17 heavy (non-hydrogen) atoms. The van der Waals surface area contributed by atoms with Crippen LogP contribution in [0.15, 0.2) is 0 Å². The van der Waals surface area contributed by atoms with Crippen LogP contribution in [0.4, 0.5) is 0 Å². The molecule has 1 aliphatic carbocycles. The van der Waals surface area contributed by atoms with Crippen LogP contribution in [-0.4, -0.2) is 53.0 Å². The van der Waals surface area contributed by atoms with Crippen molar-refractivity contribution < 1.29 is 29.2 Å². The highest BCUT2D eigenvalue weighted by Crippen LogP contribution is 2.51. The Morgan fingerprint density at radius 1 is 1.35 bits per heavy atom. The first-order valence-corrected chi connectivity index (χ1v) is 5.79. The summed E-state index contributed by atoms with van der Waals surface area (Å²) < 4.78 is 16.7. The molecule has 1 saturated carbocycles. The van der Waals surface area contributed by atoms with E-state index >= 15 is 0 Å². The lowest BCUT2D eigenvalue weighted by molar-refractivity contribution is -0.337. The number of aliphatic hydroxyl groups excluding tert-OH is 1. The molecule has 0 aromatic carbocycles. The maximum absolute atomic E-state index is 10.9. The number of hydrogen-bond acceptors (Lipinski definition) is 5. The molecule has 3 rings (SSSR count). The minimum absolute atomic E-state index is 0.324. The highest BCUT2D eigenvalue weighted by molar-refractivity contribution is 5.75. The maximum Gasteiger partial charge on any atom is 0.309 e. The number of hydrogen-bond donors (Lipinski definition) is 2. The zero-order valence-electron chi connectivity index (χ0n) is 9.70. The first-order valence-electron chi connectivity index (χ1n) is 5.79. The fraction of sp³-hybridized carbons (Fsp3) is 0.909. The van der Waals surface area contributed by atoms with E-state index in [1.807, 2.05) is 0 Å². The Hall–Kier alpha value is -0.690. The van der Waals surface area contributed by atoms with Gasteiger partial charge in [-0.3, -0.25) is 4.79 Å². The molecular weight excluding hydrogens is 228 g/mol. The Labute approximate surface area is 98.5 Å². The van der Waals surface area contributed by atoms with Crippen LogP contribution >= 0.6 is 0 Å². The average molecular weight is 244 g/mol. The molecule has 0 amide bonds. The Balaban J connectivity index is 1.78. The molecule has 3 aliphatic rings. The first-order chi connectivity index (χ1) is 7.91. The zero-order chi connectivity index (χ0) is 12.4. The molecule has 0 bridgehead atoms. The molecule has 1 unspecified atom stereocenters. The quantitative estimate of drug-likeness (QED) is 0.652. The SMILES string of the molecule is CC1(C)OC[C@H]2O[C@@H]3C(C(=O)O)[C@@H]3[C@@H](O)[C@@H]2O1. The van der Waals surface area contributed by atoms with Crippen LogP contribution in [0.5, 0.6) is 0 Å². The summed E-state index contributed by atoms with van der Waals surface area (Å²) in [7, 11) is 0. The lowest BCUT2D eigenvalue weighted by atomic mass is 9.99. The van der Waals surface area contributed by atoms with Crippen molar-refractivity contribution >= 4 is 5.97 Å². The highest BCUT2D eigenvalue weighted by atomic mass is 16.7. The van der Waals surface area contributed by atoms with Gasteiger partial charge in [0.1, 0.15) is 12.2 Å². The number of aliphatic hydroxyl groups is 1. The number of carboxylic acids is 1. The molecule has 0 aromatic heterocycles. The van der Waals surface area contributed by atoms with Gasteiger partial charge in [-0.15, -0.1) is 0 Å². The van der Waals surface area contributed by atoms with E-state index in [9.17, 15) is 9.90 Å². The molecule has 0 radical (unpaired) electrons. The van der Waals surface area contributed by atoms with Crippen molar-refractivity contribution in [1.82, 2.24) is 0 Å². The van der Waals surface area contributed by atoms with E-state index in [4.69, 9.17) is 19.3 Å². The van der Waals surface area contributed by atoms with E-state index in [1.165, 1.54) is 0 Å². The van der Waals surface area contributed by atoms with Crippen LogP contribution in [0.3, 0.4) is 0 Å². The summed E-state index contributed by atoms with van der Waals surface area (Å²) in [5.74, 6) is -2.63. The predicted molar refractivity (Wildman–Crippen MR) is 54.2 cm³/mol. The van der Waals surface area contributed by atoms with Crippen LogP contribution in [0, 0.1) is 11.8 Å². The zero-order valence-corrected chi connectivity index (χ0v) is 9.70. The predicted octanol–water partition coefficient (Wildman–Crippen LogP) is -0.403. The summed E-state index contributed by atoms with van der Waals surface area (Å²) in [6, 6.07) is 0. The van der Waals surface area contributed by atoms with Crippen LogP contribution in [-0.2, 0) is 19.0 Å². The summed E-state index contributed by atoms with van der Waals surface area (Å²) >= 11 is 0. The number of fused-ring (bicyclic) bond motifs is 2. The number of carboxylic acid groups (broad SMARTS) is 1. The fourth-order valence-electron chi connectivity index (χ4n) is 2.84. The van der Waals surface area contributed by atoms with E-state index in [0.29, 0.717) is 6.61 Å². The lowest BCUT2D eigenvalue weighted by Gasteiger charge is -2.44. The third-order valence-electron chi connectivity index (χ3n) is 3.74. The van der Waals surface area contributed by atoms with Gasteiger partial charge in [-0.25, -0.2) is 0 Å². The van der Waals surface area contributed by atoms with Crippen molar-refractivity contribution in [3.8, 4) is 0 Å². The second-order valence-corrected chi connectivity index (χ2v) is 5.36. The summed E-state index contributed by atoms with van der Waals surface area (Å²) in [4.78, 5) is 10.9. The Morgan fingerprint density at radius 2 is 2.06 bits per heavy atom. The van der Waals surface area contributed by atoms with Crippen molar-refractivity contribution in [3.05, 3.63) is 0 Å². The largest absolute Gasteiger partial charge is 0.481 e. The van der Waals surface area contributed by atoms with Crippen LogP contribution in [0.25, 0.3) is 0 Å². The second kappa shape index (κ2) is 3.41. The topological polar surface area (TPSA) is 85.2 Å². The number of ether oxygens (including phenoxy) is 3. The lowest BCUT2D eigenvalue weighted by Crippen LogP contribution is -2.57. The number of aliphatic carboxylic acids is 1. The molecule has 0 aromatic rings. The van der Waals surface area contributed by atoms with Crippen molar-refractivity contribution in [1.29, 1.82) is 0 Å². The first kappa shape index (κ1) is 11.4. The minimum Gasteiger partial charge on any atom is -0.481 e. The van der Waals surface area contributed by atoms with Gasteiger partial charge in [0.2, 0.25) is 0 Å². The smallest absolute Gasteiger partial charge is 0.309 e. The van der Waals surface area contributed by atoms with E-state index in [0.717, 1.165) is 0 Å². The fourth-order valence-corrected chi connectivity index (χ4v) is 2.84. The minimum atomic E-state index is -0.919.